The number of carbonyl (C=O) groups excluding carboxylic acids is 2. The number of halogens is 3. The zero-order chi connectivity index (χ0) is 25.4. The number of carbonyl (C=O) groups is 2. The normalized spacial score (nSPS) is 30.9. The molecule has 1 aromatic rings. The monoisotopic (exact) mass is 494 g/mol. The highest BCUT2D eigenvalue weighted by Gasteiger charge is 2.61. The number of epoxide rings is 1. The van der Waals surface area contributed by atoms with Gasteiger partial charge in [-0.2, -0.15) is 13.2 Å². The number of benzene rings is 1. The van der Waals surface area contributed by atoms with Crippen LogP contribution in [0.15, 0.2) is 48.1 Å². The summed E-state index contributed by atoms with van der Waals surface area (Å²) in [7, 11) is 0. The summed E-state index contributed by atoms with van der Waals surface area (Å²) in [5, 5.41) is 0. The Morgan fingerprint density at radius 1 is 1.29 bits per heavy atom. The summed E-state index contributed by atoms with van der Waals surface area (Å²) >= 11 is 0. The van der Waals surface area contributed by atoms with Crippen molar-refractivity contribution in [3.63, 3.8) is 0 Å². The van der Waals surface area contributed by atoms with Gasteiger partial charge in [-0.3, -0.25) is 0 Å². The maximum Gasteiger partial charge on any atom is 0.416 e. The largest absolute Gasteiger partial charge is 0.464 e. The number of hydrogen-bond donors (Lipinski definition) is 0. The molecule has 1 unspecified atom stereocenters. The molecule has 5 atom stereocenters. The summed E-state index contributed by atoms with van der Waals surface area (Å²) in [5.41, 5.74) is 0.446. The van der Waals surface area contributed by atoms with E-state index in [0.29, 0.717) is 24.8 Å². The van der Waals surface area contributed by atoms with Crippen LogP contribution in [0.3, 0.4) is 0 Å². The van der Waals surface area contributed by atoms with E-state index in [9.17, 15) is 22.8 Å². The van der Waals surface area contributed by atoms with Gasteiger partial charge >= 0.3 is 18.1 Å². The van der Waals surface area contributed by atoms with E-state index in [0.717, 1.165) is 24.1 Å². The van der Waals surface area contributed by atoms with Crippen LogP contribution in [0.25, 0.3) is 0 Å². The maximum absolute atomic E-state index is 13.0. The third-order valence-electron chi connectivity index (χ3n) is 6.92. The minimum absolute atomic E-state index is 0.0875. The minimum Gasteiger partial charge on any atom is -0.464 e. The molecule has 9 heteroatoms. The highest BCUT2D eigenvalue weighted by atomic mass is 19.4. The maximum atomic E-state index is 13.0. The van der Waals surface area contributed by atoms with Crippen LogP contribution in [0.2, 0.25) is 0 Å². The van der Waals surface area contributed by atoms with Crippen molar-refractivity contribution in [3.8, 4) is 0 Å². The molecule has 2 fully saturated rings. The van der Waals surface area contributed by atoms with Crippen molar-refractivity contribution in [2.45, 2.75) is 69.6 Å². The minimum atomic E-state index is -4.48. The molecule has 0 radical (unpaired) electrons. The molecule has 0 amide bonds. The first-order valence-corrected chi connectivity index (χ1v) is 11.7. The molecule has 6 nitrogen and oxygen atoms in total. The summed E-state index contributed by atoms with van der Waals surface area (Å²) in [6.07, 6.45) is -1.48. The van der Waals surface area contributed by atoms with E-state index in [1.807, 2.05) is 13.0 Å². The highest BCUT2D eigenvalue weighted by molar-refractivity contribution is 5.91. The van der Waals surface area contributed by atoms with Crippen LogP contribution in [0.1, 0.15) is 56.8 Å². The second kappa shape index (κ2) is 9.78. The molecular weight excluding hydrogens is 465 g/mol. The van der Waals surface area contributed by atoms with Crippen LogP contribution in [0.4, 0.5) is 13.2 Å². The van der Waals surface area contributed by atoms with E-state index in [1.165, 1.54) is 12.1 Å². The number of rotatable bonds is 6. The Labute approximate surface area is 202 Å². The first kappa shape index (κ1) is 25.4. The molecule has 0 bridgehead atoms. The fourth-order valence-electron chi connectivity index (χ4n) is 4.81. The van der Waals surface area contributed by atoms with Gasteiger partial charge in [0.1, 0.15) is 12.2 Å². The van der Waals surface area contributed by atoms with Crippen molar-refractivity contribution in [2.24, 2.45) is 5.92 Å². The Kier molecular flexibility index (Phi) is 7.11. The fraction of sp³-hybridized carbons (Fsp3) is 0.538. The van der Waals surface area contributed by atoms with E-state index >= 15 is 0 Å². The van der Waals surface area contributed by atoms with Gasteiger partial charge in [-0.1, -0.05) is 24.8 Å². The second-order valence-corrected chi connectivity index (χ2v) is 9.36. The van der Waals surface area contributed by atoms with Crippen molar-refractivity contribution >= 4 is 11.9 Å². The fourth-order valence-corrected chi connectivity index (χ4v) is 4.81. The predicted molar refractivity (Wildman–Crippen MR) is 119 cm³/mol. The van der Waals surface area contributed by atoms with Crippen molar-refractivity contribution in [2.75, 3.05) is 13.2 Å². The molecule has 0 N–H and O–H groups in total. The standard InChI is InChI=1S/C26H29F3O6/c1-4-32-24(31)20(17-8-10-18(11-9-17)26(27,28)29)33-14-16-6-5-13-25(3)22(35-25)21-19(12-7-16)15(2)23(30)34-21/h6,8-11,19-22H,2,4-5,7,12-14H2,1,3H3/b16-6+/t19-,20?,21-,22+,25+/m0/s1. The van der Waals surface area contributed by atoms with Gasteiger partial charge in [0, 0.05) is 11.5 Å². The van der Waals surface area contributed by atoms with Gasteiger partial charge in [0.2, 0.25) is 0 Å². The third kappa shape index (κ3) is 5.46. The summed E-state index contributed by atoms with van der Waals surface area (Å²) in [6.45, 7) is 7.75. The molecule has 1 aliphatic carbocycles. The molecule has 0 spiro atoms. The molecule has 190 valence electrons. The average Bonchev–Trinajstić information content (AvgIpc) is 3.39. The molecule has 2 aliphatic heterocycles. The van der Waals surface area contributed by atoms with Crippen molar-refractivity contribution in [1.29, 1.82) is 0 Å². The average molecular weight is 495 g/mol. The molecule has 35 heavy (non-hydrogen) atoms. The first-order chi connectivity index (χ1) is 16.5. The first-order valence-electron chi connectivity index (χ1n) is 11.7. The zero-order valence-electron chi connectivity index (χ0n) is 19.7. The van der Waals surface area contributed by atoms with Crippen molar-refractivity contribution in [3.05, 3.63) is 59.2 Å². The van der Waals surface area contributed by atoms with E-state index in [4.69, 9.17) is 18.9 Å². The smallest absolute Gasteiger partial charge is 0.416 e. The Balaban J connectivity index is 1.49. The van der Waals surface area contributed by atoms with E-state index in [2.05, 4.69) is 6.58 Å². The zero-order valence-corrected chi connectivity index (χ0v) is 19.7. The van der Waals surface area contributed by atoms with Crippen LogP contribution in [0, 0.1) is 5.92 Å². The van der Waals surface area contributed by atoms with Crippen LogP contribution in [0.5, 0.6) is 0 Å². The number of hydrogen-bond acceptors (Lipinski definition) is 6. The van der Waals surface area contributed by atoms with Gasteiger partial charge in [-0.05, 0) is 62.8 Å². The SMILES string of the molecule is C=C1C(=O)O[C@@H]2[C@H]3O[C@]3(C)CC/C=C(/COC(C(=O)OCC)c3ccc(C(F)(F)F)cc3)CC[C@@H]12. The Hall–Kier alpha value is -2.65. The Morgan fingerprint density at radius 3 is 2.66 bits per heavy atom. The van der Waals surface area contributed by atoms with Crippen LogP contribution in [-0.4, -0.2) is 43.0 Å². The van der Waals surface area contributed by atoms with Gasteiger partial charge in [0.25, 0.3) is 0 Å². The molecule has 4 rings (SSSR count). The van der Waals surface area contributed by atoms with Crippen LogP contribution < -0.4 is 0 Å². The van der Waals surface area contributed by atoms with E-state index < -0.39 is 29.8 Å². The lowest BCUT2D eigenvalue weighted by Gasteiger charge is -2.22. The van der Waals surface area contributed by atoms with Gasteiger partial charge in [-0.15, -0.1) is 0 Å². The summed E-state index contributed by atoms with van der Waals surface area (Å²) in [4.78, 5) is 24.7. The van der Waals surface area contributed by atoms with Gasteiger partial charge in [0.15, 0.2) is 6.10 Å². The van der Waals surface area contributed by atoms with Gasteiger partial charge < -0.3 is 18.9 Å². The van der Waals surface area contributed by atoms with Crippen molar-refractivity contribution < 1.29 is 41.7 Å². The third-order valence-corrected chi connectivity index (χ3v) is 6.92. The number of esters is 2. The Bertz CT molecular complexity index is 1010. The predicted octanol–water partition coefficient (Wildman–Crippen LogP) is 5.08. The number of allylic oxidation sites excluding steroid dienone is 1. The lowest BCUT2D eigenvalue weighted by atomic mass is 9.84. The van der Waals surface area contributed by atoms with E-state index in [-0.39, 0.29) is 42.5 Å². The summed E-state index contributed by atoms with van der Waals surface area (Å²) in [6, 6.07) is 4.30. The number of alkyl halides is 3. The molecule has 0 saturated carbocycles. The quantitative estimate of drug-likeness (QED) is 0.238. The molecule has 3 aliphatic rings. The molecule has 2 heterocycles. The van der Waals surface area contributed by atoms with Crippen LogP contribution in [-0.2, 0) is 34.7 Å². The highest BCUT2D eigenvalue weighted by Crippen LogP contribution is 2.49. The Morgan fingerprint density at radius 2 is 2.00 bits per heavy atom. The number of ether oxygens (including phenoxy) is 4. The molecular formula is C26H29F3O6. The van der Waals surface area contributed by atoms with Gasteiger partial charge in [-0.25, -0.2) is 9.59 Å². The topological polar surface area (TPSA) is 74.4 Å². The summed E-state index contributed by atoms with van der Waals surface area (Å²) in [5.74, 6) is -1.24. The van der Waals surface area contributed by atoms with E-state index in [1.54, 1.807) is 6.92 Å². The lowest BCUT2D eigenvalue weighted by Crippen LogP contribution is -2.29. The van der Waals surface area contributed by atoms with Crippen LogP contribution >= 0.6 is 0 Å². The second-order valence-electron chi connectivity index (χ2n) is 9.36. The summed E-state index contributed by atoms with van der Waals surface area (Å²) < 4.78 is 61.3. The van der Waals surface area contributed by atoms with Crippen molar-refractivity contribution in [1.82, 2.24) is 0 Å². The number of fused-ring (bicyclic) bond motifs is 3. The molecule has 0 aromatic heterocycles. The van der Waals surface area contributed by atoms with Gasteiger partial charge in [0.05, 0.1) is 24.4 Å². The lowest BCUT2D eigenvalue weighted by molar-refractivity contribution is -0.156. The molecule has 1 aromatic carbocycles. The molecule has 2 saturated heterocycles.